The van der Waals surface area contributed by atoms with Gasteiger partial charge in [-0.1, -0.05) is 26.2 Å². The SMILES string of the molecule is CCC(O)CCNC(=O)NC(C)C1CCCCC1. The molecule has 1 fully saturated rings. The first-order valence-electron chi connectivity index (χ1n) is 7.36. The zero-order valence-electron chi connectivity index (χ0n) is 11.7. The second-order valence-electron chi connectivity index (χ2n) is 5.44. The minimum Gasteiger partial charge on any atom is -0.393 e. The van der Waals surface area contributed by atoms with Gasteiger partial charge < -0.3 is 15.7 Å². The fourth-order valence-electron chi connectivity index (χ4n) is 2.57. The highest BCUT2D eigenvalue weighted by atomic mass is 16.3. The number of rotatable bonds is 6. The Bertz CT molecular complexity index is 240. The van der Waals surface area contributed by atoms with Crippen LogP contribution in [0.4, 0.5) is 4.79 Å². The summed E-state index contributed by atoms with van der Waals surface area (Å²) in [6.45, 7) is 4.57. The Morgan fingerprint density at radius 2 is 2.00 bits per heavy atom. The molecule has 4 heteroatoms. The van der Waals surface area contributed by atoms with Gasteiger partial charge in [-0.15, -0.1) is 0 Å². The van der Waals surface area contributed by atoms with Crippen LogP contribution >= 0.6 is 0 Å². The quantitative estimate of drug-likeness (QED) is 0.683. The van der Waals surface area contributed by atoms with Crippen LogP contribution in [-0.4, -0.2) is 29.8 Å². The monoisotopic (exact) mass is 256 g/mol. The van der Waals surface area contributed by atoms with Crippen LogP contribution < -0.4 is 10.6 Å². The van der Waals surface area contributed by atoms with E-state index in [1.54, 1.807) is 0 Å². The molecule has 0 bridgehead atoms. The molecular weight excluding hydrogens is 228 g/mol. The van der Waals surface area contributed by atoms with Crippen molar-refractivity contribution >= 4 is 6.03 Å². The van der Waals surface area contributed by atoms with Crippen molar-refractivity contribution < 1.29 is 9.90 Å². The number of aliphatic hydroxyl groups is 1. The molecule has 0 spiro atoms. The lowest BCUT2D eigenvalue weighted by Crippen LogP contribution is -2.45. The highest BCUT2D eigenvalue weighted by Crippen LogP contribution is 2.26. The van der Waals surface area contributed by atoms with Crippen LogP contribution in [-0.2, 0) is 0 Å². The Morgan fingerprint density at radius 3 is 2.61 bits per heavy atom. The number of carbonyl (C=O) groups excluding carboxylic acids is 1. The van der Waals surface area contributed by atoms with E-state index < -0.39 is 0 Å². The van der Waals surface area contributed by atoms with Gasteiger partial charge in [0.2, 0.25) is 0 Å². The van der Waals surface area contributed by atoms with Gasteiger partial charge in [0.05, 0.1) is 6.10 Å². The van der Waals surface area contributed by atoms with Crippen LogP contribution in [0, 0.1) is 5.92 Å². The molecule has 1 rings (SSSR count). The number of hydrogen-bond donors (Lipinski definition) is 3. The summed E-state index contributed by atoms with van der Waals surface area (Å²) >= 11 is 0. The molecule has 2 amide bonds. The molecule has 1 aliphatic rings. The number of amides is 2. The average Bonchev–Trinajstić information content (AvgIpc) is 2.39. The van der Waals surface area contributed by atoms with Crippen LogP contribution in [0.25, 0.3) is 0 Å². The molecule has 0 heterocycles. The molecular formula is C14H28N2O2. The number of carbonyl (C=O) groups is 1. The van der Waals surface area contributed by atoms with Crippen molar-refractivity contribution in [2.24, 2.45) is 5.92 Å². The summed E-state index contributed by atoms with van der Waals surface area (Å²) in [6, 6.07) is 0.151. The zero-order chi connectivity index (χ0) is 13.4. The van der Waals surface area contributed by atoms with Crippen molar-refractivity contribution in [1.29, 1.82) is 0 Å². The molecule has 0 aromatic rings. The molecule has 0 aromatic carbocycles. The maximum atomic E-state index is 11.7. The minimum absolute atomic E-state index is 0.101. The van der Waals surface area contributed by atoms with Gasteiger partial charge in [0.25, 0.3) is 0 Å². The van der Waals surface area contributed by atoms with Crippen LogP contribution in [0.15, 0.2) is 0 Å². The maximum absolute atomic E-state index is 11.7. The van der Waals surface area contributed by atoms with Gasteiger partial charge in [0.15, 0.2) is 0 Å². The van der Waals surface area contributed by atoms with Gasteiger partial charge in [-0.25, -0.2) is 4.79 Å². The van der Waals surface area contributed by atoms with Crippen molar-refractivity contribution in [2.45, 2.75) is 70.9 Å². The Hall–Kier alpha value is -0.770. The lowest BCUT2D eigenvalue weighted by molar-refractivity contribution is 0.159. The number of urea groups is 1. The van der Waals surface area contributed by atoms with Crippen molar-refractivity contribution in [3.05, 3.63) is 0 Å². The summed E-state index contributed by atoms with van der Waals surface area (Å²) in [5.41, 5.74) is 0. The molecule has 0 aliphatic heterocycles. The molecule has 18 heavy (non-hydrogen) atoms. The lowest BCUT2D eigenvalue weighted by atomic mass is 9.85. The fraction of sp³-hybridized carbons (Fsp3) is 0.929. The van der Waals surface area contributed by atoms with E-state index in [0.717, 1.165) is 6.42 Å². The average molecular weight is 256 g/mol. The van der Waals surface area contributed by atoms with Crippen LogP contribution in [0.5, 0.6) is 0 Å². The highest BCUT2D eigenvalue weighted by molar-refractivity contribution is 5.74. The Morgan fingerprint density at radius 1 is 1.33 bits per heavy atom. The predicted molar refractivity (Wildman–Crippen MR) is 73.5 cm³/mol. The zero-order valence-corrected chi connectivity index (χ0v) is 11.7. The van der Waals surface area contributed by atoms with E-state index in [4.69, 9.17) is 0 Å². The van der Waals surface area contributed by atoms with Crippen LogP contribution in [0.2, 0.25) is 0 Å². The van der Waals surface area contributed by atoms with Gasteiger partial charge in [-0.3, -0.25) is 0 Å². The van der Waals surface area contributed by atoms with Crippen molar-refractivity contribution in [2.75, 3.05) is 6.54 Å². The third-order valence-electron chi connectivity index (χ3n) is 3.95. The highest BCUT2D eigenvalue weighted by Gasteiger charge is 2.21. The van der Waals surface area contributed by atoms with E-state index in [-0.39, 0.29) is 18.2 Å². The molecule has 2 unspecified atom stereocenters. The molecule has 106 valence electrons. The Labute approximate surface area is 111 Å². The van der Waals surface area contributed by atoms with E-state index in [1.165, 1.54) is 32.1 Å². The molecule has 1 aliphatic carbocycles. The summed E-state index contributed by atoms with van der Waals surface area (Å²) in [5, 5.41) is 15.2. The summed E-state index contributed by atoms with van der Waals surface area (Å²) in [5.74, 6) is 0.630. The summed E-state index contributed by atoms with van der Waals surface area (Å²) < 4.78 is 0. The minimum atomic E-state index is -0.305. The summed E-state index contributed by atoms with van der Waals surface area (Å²) in [6.07, 6.45) is 7.45. The topological polar surface area (TPSA) is 61.4 Å². The molecule has 0 aromatic heterocycles. The molecule has 2 atom stereocenters. The van der Waals surface area contributed by atoms with E-state index >= 15 is 0 Å². The largest absolute Gasteiger partial charge is 0.393 e. The lowest BCUT2D eigenvalue weighted by Gasteiger charge is -2.28. The van der Waals surface area contributed by atoms with E-state index in [2.05, 4.69) is 17.6 Å². The van der Waals surface area contributed by atoms with Crippen molar-refractivity contribution in [1.82, 2.24) is 10.6 Å². The van der Waals surface area contributed by atoms with Crippen LogP contribution in [0.1, 0.15) is 58.8 Å². The van der Waals surface area contributed by atoms with Crippen LogP contribution in [0.3, 0.4) is 0 Å². The first kappa shape index (κ1) is 15.3. The normalized spacial score (nSPS) is 20.2. The Balaban J connectivity index is 2.14. The fourth-order valence-corrected chi connectivity index (χ4v) is 2.57. The smallest absolute Gasteiger partial charge is 0.315 e. The third kappa shape index (κ3) is 5.71. The predicted octanol–water partition coefficient (Wildman–Crippen LogP) is 2.42. The molecule has 0 saturated heterocycles. The van der Waals surface area contributed by atoms with Gasteiger partial charge in [-0.2, -0.15) is 0 Å². The van der Waals surface area contributed by atoms with E-state index in [1.807, 2.05) is 6.92 Å². The van der Waals surface area contributed by atoms with Gasteiger partial charge in [-0.05, 0) is 38.5 Å². The maximum Gasteiger partial charge on any atom is 0.315 e. The van der Waals surface area contributed by atoms with Gasteiger partial charge >= 0.3 is 6.03 Å². The first-order chi connectivity index (χ1) is 8.63. The van der Waals surface area contributed by atoms with Gasteiger partial charge in [0, 0.05) is 12.6 Å². The second kappa shape index (κ2) is 8.35. The number of hydrogen-bond acceptors (Lipinski definition) is 2. The van der Waals surface area contributed by atoms with E-state index in [0.29, 0.717) is 18.9 Å². The number of aliphatic hydroxyl groups excluding tert-OH is 1. The summed E-state index contributed by atoms with van der Waals surface area (Å²) in [4.78, 5) is 11.7. The van der Waals surface area contributed by atoms with E-state index in [9.17, 15) is 9.90 Å². The van der Waals surface area contributed by atoms with Gasteiger partial charge in [0.1, 0.15) is 0 Å². The third-order valence-corrected chi connectivity index (χ3v) is 3.95. The second-order valence-corrected chi connectivity index (χ2v) is 5.44. The molecule has 3 N–H and O–H groups in total. The molecule has 1 saturated carbocycles. The van der Waals surface area contributed by atoms with Crippen molar-refractivity contribution in [3.63, 3.8) is 0 Å². The Kier molecular flexibility index (Phi) is 7.09. The summed E-state index contributed by atoms with van der Waals surface area (Å²) in [7, 11) is 0. The first-order valence-corrected chi connectivity index (χ1v) is 7.36. The molecule has 0 radical (unpaired) electrons. The molecule has 4 nitrogen and oxygen atoms in total. The van der Waals surface area contributed by atoms with Crippen molar-refractivity contribution in [3.8, 4) is 0 Å². The standard InChI is InChI=1S/C14H28N2O2/c1-3-13(17)9-10-15-14(18)16-11(2)12-7-5-4-6-8-12/h11-13,17H,3-10H2,1-2H3,(H2,15,16,18). The number of nitrogens with one attached hydrogen (secondary N) is 2.